The number of likely N-dealkylation sites (tertiary alicyclic amines) is 1. The molecule has 200 valence electrons. The van der Waals surface area contributed by atoms with Gasteiger partial charge in [-0.25, -0.2) is 23.5 Å². The Labute approximate surface area is 216 Å². The number of benzene rings is 1. The molecule has 3 aliphatic rings. The Morgan fingerprint density at radius 1 is 1.08 bits per heavy atom. The highest BCUT2D eigenvalue weighted by Crippen LogP contribution is 2.31. The fraction of sp³-hybridized carbons (Fsp3) is 0.593. The molecule has 2 aliphatic heterocycles. The molecule has 0 unspecified atom stereocenters. The van der Waals surface area contributed by atoms with Gasteiger partial charge in [-0.1, -0.05) is 0 Å². The van der Waals surface area contributed by atoms with E-state index in [9.17, 15) is 13.6 Å². The second kappa shape index (κ2) is 11.2. The highest BCUT2D eigenvalue weighted by molar-refractivity contribution is 5.68. The van der Waals surface area contributed by atoms with E-state index in [1.165, 1.54) is 6.07 Å². The van der Waals surface area contributed by atoms with Crippen molar-refractivity contribution in [3.63, 3.8) is 0 Å². The number of hydrogen-bond acceptors (Lipinski definition) is 7. The van der Waals surface area contributed by atoms with Crippen LogP contribution in [0.5, 0.6) is 5.75 Å². The summed E-state index contributed by atoms with van der Waals surface area (Å²) in [5.74, 6) is 0.0622. The molecular weight excluding hydrogens is 480 g/mol. The normalized spacial score (nSPS) is 23.9. The minimum atomic E-state index is -0.483. The minimum Gasteiger partial charge on any atom is -0.487 e. The fourth-order valence-electron chi connectivity index (χ4n) is 5.74. The third-order valence-electron chi connectivity index (χ3n) is 7.97. The second-order valence-corrected chi connectivity index (χ2v) is 10.5. The zero-order valence-electron chi connectivity index (χ0n) is 21.2. The first-order valence-electron chi connectivity index (χ1n) is 13.3. The number of ether oxygens (including phenoxy) is 2. The molecule has 1 amide bonds. The second-order valence-electron chi connectivity index (χ2n) is 10.5. The molecule has 3 atom stereocenters. The van der Waals surface area contributed by atoms with Gasteiger partial charge < -0.3 is 25.0 Å². The number of halogens is 2. The molecule has 37 heavy (non-hydrogen) atoms. The molecule has 8 nitrogen and oxygen atoms in total. The molecule has 0 bridgehead atoms. The first-order valence-corrected chi connectivity index (χ1v) is 13.3. The Morgan fingerprint density at radius 3 is 2.49 bits per heavy atom. The van der Waals surface area contributed by atoms with Crippen LogP contribution in [0.2, 0.25) is 0 Å². The molecule has 2 aromatic rings. The summed E-state index contributed by atoms with van der Waals surface area (Å²) in [6.45, 7) is 4.21. The molecule has 0 radical (unpaired) electrons. The van der Waals surface area contributed by atoms with E-state index in [4.69, 9.17) is 15.2 Å². The number of carbonyl (C=O) groups is 1. The maximum atomic E-state index is 14.3. The number of nitrogens with zero attached hydrogens (tertiary/aromatic N) is 4. The lowest BCUT2D eigenvalue weighted by molar-refractivity contribution is 0.0422. The van der Waals surface area contributed by atoms with E-state index in [1.807, 2.05) is 16.7 Å². The summed E-state index contributed by atoms with van der Waals surface area (Å²) in [7, 11) is 0. The van der Waals surface area contributed by atoms with Crippen molar-refractivity contribution in [2.24, 2.45) is 11.7 Å². The van der Waals surface area contributed by atoms with Crippen molar-refractivity contribution in [2.75, 3.05) is 31.1 Å². The summed E-state index contributed by atoms with van der Waals surface area (Å²) in [4.78, 5) is 25.0. The molecule has 1 aliphatic carbocycles. The van der Waals surface area contributed by atoms with Crippen LogP contribution >= 0.6 is 0 Å². The lowest BCUT2D eigenvalue weighted by Crippen LogP contribution is -2.42. The minimum absolute atomic E-state index is 0.0528. The molecule has 3 fully saturated rings. The first kappa shape index (κ1) is 25.6. The number of carbonyl (C=O) groups excluding carboxylic acids is 1. The van der Waals surface area contributed by atoms with Crippen LogP contribution in [0.1, 0.15) is 56.9 Å². The summed E-state index contributed by atoms with van der Waals surface area (Å²) in [6.07, 6.45) is 9.04. The number of aromatic nitrogens is 2. The number of nitrogens with two attached hydrogens (primary N) is 1. The number of amides is 1. The van der Waals surface area contributed by atoms with Crippen LogP contribution < -0.4 is 15.4 Å². The van der Waals surface area contributed by atoms with E-state index in [0.29, 0.717) is 43.8 Å². The Hall–Kier alpha value is -3.01. The quantitative estimate of drug-likeness (QED) is 0.615. The van der Waals surface area contributed by atoms with E-state index in [0.717, 1.165) is 50.7 Å². The monoisotopic (exact) mass is 515 g/mol. The molecule has 1 aromatic carbocycles. The number of hydrogen-bond donors (Lipinski definition) is 1. The van der Waals surface area contributed by atoms with Gasteiger partial charge in [0.05, 0.1) is 18.5 Å². The van der Waals surface area contributed by atoms with Crippen LogP contribution in [0.3, 0.4) is 0 Å². The van der Waals surface area contributed by atoms with Gasteiger partial charge in [-0.05, 0) is 75.1 Å². The molecule has 3 heterocycles. The number of rotatable bonds is 6. The summed E-state index contributed by atoms with van der Waals surface area (Å²) in [5, 5.41) is 0. The summed E-state index contributed by atoms with van der Waals surface area (Å²) in [5.41, 5.74) is 6.54. The van der Waals surface area contributed by atoms with Crippen molar-refractivity contribution in [3.05, 3.63) is 47.8 Å². The largest absolute Gasteiger partial charge is 0.487 e. The average Bonchev–Trinajstić information content (AvgIpc) is 3.55. The van der Waals surface area contributed by atoms with Gasteiger partial charge in [-0.15, -0.1) is 0 Å². The van der Waals surface area contributed by atoms with E-state index in [1.54, 1.807) is 12.4 Å². The van der Waals surface area contributed by atoms with Crippen molar-refractivity contribution >= 4 is 12.0 Å². The van der Waals surface area contributed by atoms with Gasteiger partial charge in [0.1, 0.15) is 17.7 Å². The van der Waals surface area contributed by atoms with E-state index < -0.39 is 11.6 Å². The smallest absolute Gasteiger partial charge is 0.410 e. The Bertz CT molecular complexity index is 1070. The predicted octanol–water partition coefficient (Wildman–Crippen LogP) is 4.24. The van der Waals surface area contributed by atoms with Crippen LogP contribution in [0.15, 0.2) is 30.6 Å². The maximum absolute atomic E-state index is 14.3. The van der Waals surface area contributed by atoms with Crippen molar-refractivity contribution in [3.8, 4) is 5.75 Å². The molecule has 0 spiro atoms. The molecular formula is C27H35F2N5O3. The van der Waals surface area contributed by atoms with E-state index in [-0.39, 0.29) is 35.8 Å². The van der Waals surface area contributed by atoms with E-state index in [2.05, 4.69) is 9.97 Å². The maximum Gasteiger partial charge on any atom is 0.410 e. The highest BCUT2D eigenvalue weighted by Gasteiger charge is 2.35. The van der Waals surface area contributed by atoms with Crippen molar-refractivity contribution < 1.29 is 23.0 Å². The van der Waals surface area contributed by atoms with E-state index >= 15 is 0 Å². The number of piperidine rings is 1. The van der Waals surface area contributed by atoms with Gasteiger partial charge in [0.2, 0.25) is 5.95 Å². The van der Waals surface area contributed by atoms with Crippen molar-refractivity contribution in [1.29, 1.82) is 0 Å². The SMILES string of the molecule is C[C@H](Oc1cnc(N2C[C@H](c3cc(F)ccc3F)[C@@H](N)C2)nc1)C1CCN(C(=O)OC2CCCC2)CC1. The first-order chi connectivity index (χ1) is 17.9. The van der Waals surface area contributed by atoms with Gasteiger partial charge in [0, 0.05) is 38.1 Å². The third-order valence-corrected chi connectivity index (χ3v) is 7.97. The van der Waals surface area contributed by atoms with Crippen LogP contribution in [0.25, 0.3) is 0 Å². The zero-order chi connectivity index (χ0) is 25.9. The summed E-state index contributed by atoms with van der Waals surface area (Å²) in [6, 6.07) is 3.09. The lowest BCUT2D eigenvalue weighted by atomic mass is 9.92. The Kier molecular flexibility index (Phi) is 7.73. The fourth-order valence-corrected chi connectivity index (χ4v) is 5.74. The molecule has 1 aromatic heterocycles. The van der Waals surface area contributed by atoms with Gasteiger partial charge in [-0.2, -0.15) is 0 Å². The summed E-state index contributed by atoms with van der Waals surface area (Å²) >= 11 is 0. The standard InChI is InChI=1S/C27H35F2N5O3/c1-17(18-8-10-33(11-9-18)27(35)37-20-4-2-3-5-20)36-21-13-31-26(32-14-21)34-15-23(25(30)16-34)22-12-19(28)6-7-24(22)29/h6-7,12-14,17-18,20,23,25H,2-5,8-11,15-16,30H2,1H3/t17-,23+,25-/m0/s1. The van der Waals surface area contributed by atoms with Gasteiger partial charge in [0.25, 0.3) is 0 Å². The number of anilines is 1. The lowest BCUT2D eigenvalue weighted by Gasteiger charge is -2.34. The van der Waals surface area contributed by atoms with Crippen LogP contribution in [-0.4, -0.2) is 65.4 Å². The summed E-state index contributed by atoms with van der Waals surface area (Å²) < 4.78 is 39.7. The van der Waals surface area contributed by atoms with Crippen LogP contribution in [0.4, 0.5) is 19.5 Å². The van der Waals surface area contributed by atoms with Gasteiger partial charge in [-0.3, -0.25) is 0 Å². The Balaban J connectivity index is 1.11. The van der Waals surface area contributed by atoms with Gasteiger partial charge in [0.15, 0.2) is 5.75 Å². The zero-order valence-corrected chi connectivity index (χ0v) is 21.2. The molecule has 5 rings (SSSR count). The topological polar surface area (TPSA) is 93.8 Å². The van der Waals surface area contributed by atoms with Crippen LogP contribution in [0, 0.1) is 17.6 Å². The highest BCUT2D eigenvalue weighted by atomic mass is 19.1. The molecule has 10 heteroatoms. The molecule has 1 saturated carbocycles. The van der Waals surface area contributed by atoms with Crippen molar-refractivity contribution in [2.45, 2.75) is 69.6 Å². The van der Waals surface area contributed by atoms with Gasteiger partial charge >= 0.3 is 6.09 Å². The molecule has 2 N–H and O–H groups in total. The van der Waals surface area contributed by atoms with Crippen LogP contribution in [-0.2, 0) is 4.74 Å². The molecule has 2 saturated heterocycles. The third kappa shape index (κ3) is 5.95. The Morgan fingerprint density at radius 2 is 1.78 bits per heavy atom. The predicted molar refractivity (Wildman–Crippen MR) is 134 cm³/mol. The average molecular weight is 516 g/mol. The van der Waals surface area contributed by atoms with Crippen molar-refractivity contribution in [1.82, 2.24) is 14.9 Å².